The highest BCUT2D eigenvalue weighted by Gasteiger charge is 2.38. The van der Waals surface area contributed by atoms with E-state index in [1.165, 1.54) is 6.92 Å². The van der Waals surface area contributed by atoms with Crippen LogP contribution in [0.4, 0.5) is 4.79 Å². The second kappa shape index (κ2) is 22.6. The highest BCUT2D eigenvalue weighted by molar-refractivity contribution is 7.71. The molecule has 1 aliphatic heterocycles. The number of nitrogens with zero attached hydrogens (tertiary/aromatic N) is 6. The van der Waals surface area contributed by atoms with Crippen LogP contribution >= 0.6 is 22.8 Å². The first-order chi connectivity index (χ1) is 21.8. The lowest BCUT2D eigenvalue weighted by molar-refractivity contribution is -0.123. The third kappa shape index (κ3) is 23.1. The molecule has 1 rings (SSSR count). The first-order valence-electron chi connectivity index (χ1n) is 13.8. The third-order valence-corrected chi connectivity index (χ3v) is 10.6. The molecule has 5 unspecified atom stereocenters. The van der Waals surface area contributed by atoms with Crippen LogP contribution in [-0.4, -0.2) is 100 Å². The van der Waals surface area contributed by atoms with E-state index in [1.807, 2.05) is 0 Å². The highest BCUT2D eigenvalue weighted by Crippen LogP contribution is 2.67. The lowest BCUT2D eigenvalue weighted by Gasteiger charge is -2.23. The maximum Gasteiger partial charge on any atom is 0.407 e. The first kappa shape index (κ1) is 44.0. The van der Waals surface area contributed by atoms with Gasteiger partial charge in [-0.05, 0) is 38.3 Å². The van der Waals surface area contributed by atoms with Crippen molar-refractivity contribution >= 4 is 40.6 Å². The van der Waals surface area contributed by atoms with Gasteiger partial charge in [0.25, 0.3) is 0 Å². The normalized spacial score (nSPS) is 21.1. The Hall–Kier alpha value is -2.96. The summed E-state index contributed by atoms with van der Waals surface area (Å²) in [5, 5.41) is 11.4. The number of amides is 2. The van der Waals surface area contributed by atoms with Crippen LogP contribution in [0.5, 0.6) is 0 Å². The van der Waals surface area contributed by atoms with Crippen molar-refractivity contribution in [3.8, 4) is 11.8 Å². The highest BCUT2D eigenvalue weighted by atomic mass is 31.3. The number of Topliss-reactive ketones (excluding diaryl/α,β-unsaturated/α-hetero) is 1. The summed E-state index contributed by atoms with van der Waals surface area (Å²) in [6, 6.07) is -1.16. The Bertz CT molecular complexity index is 1350. The van der Waals surface area contributed by atoms with E-state index in [0.29, 0.717) is 19.3 Å². The zero-order chi connectivity index (χ0) is 36.1. The Morgan fingerprint density at radius 2 is 1.79 bits per heavy atom. The number of alkyl carbamates (subject to hydrolysis) is 1. The van der Waals surface area contributed by atoms with Gasteiger partial charge in [0.2, 0.25) is 5.91 Å². The summed E-state index contributed by atoms with van der Waals surface area (Å²) in [6.45, 7) is 7.31. The predicted molar refractivity (Wildman–Crippen MR) is 167 cm³/mol. The third-order valence-electron chi connectivity index (χ3n) is 5.23. The number of carbonyl (C=O) groups is 3. The van der Waals surface area contributed by atoms with Gasteiger partial charge in [-0.25, -0.2) is 13.4 Å². The molecule has 0 aromatic carbocycles. The fraction of sp³-hybridized carbons (Fsp3) is 0.783. The van der Waals surface area contributed by atoms with Crippen molar-refractivity contribution in [1.29, 1.82) is 0 Å². The molecule has 0 saturated carbocycles. The Morgan fingerprint density at radius 3 is 2.36 bits per heavy atom. The fourth-order valence-electron chi connectivity index (χ4n) is 3.49. The second-order valence-corrected chi connectivity index (χ2v) is 16.0. The standard InChI is InChI=1S/C13H19N5O4.C10H22N3O9P3/c1-3-4-7-16-13(21)22-9-11(17-18-14)12(20)15-8-5-6-10(2)19;1-8-5-9(18-7-12-13-11)10(20-8)6-19-24(3,16)22-25(4,17)21-23(2,14)15/h11H,5-9H2,1-2H3,(H,15,20)(H,16,21);8-10H,5-7H2,1-4H3,(H,14,15)/t;8-,9?,10+,24?,25?/m.0/s1. The van der Waals surface area contributed by atoms with E-state index in [9.17, 15) is 28.1 Å². The Kier molecular flexibility index (Phi) is 21.2. The van der Waals surface area contributed by atoms with Crippen LogP contribution in [0.25, 0.3) is 20.9 Å². The molecule has 3 N–H and O–H groups in total. The predicted octanol–water partition coefficient (Wildman–Crippen LogP) is 4.23. The average molecular weight is 731 g/mol. The molecule has 0 spiro atoms. The molecule has 24 heteroatoms. The van der Waals surface area contributed by atoms with Crippen LogP contribution in [0.3, 0.4) is 0 Å². The van der Waals surface area contributed by atoms with Gasteiger partial charge >= 0.3 is 28.9 Å². The molecule has 0 aromatic rings. The van der Waals surface area contributed by atoms with Crippen LogP contribution in [0.1, 0.15) is 40.0 Å². The lowest BCUT2D eigenvalue weighted by atomic mass is 10.1. The minimum absolute atomic E-state index is 0.0241. The molecule has 1 fully saturated rings. The molecule has 0 radical (unpaired) electrons. The SMILES string of the molecule is CC#CCNC(=O)OCC(N=[N+]=[N-])C(=O)NCCCC(C)=O.C[C@H]1CC(OCN=[N+]=[N-])[C@@H](COP(C)(=O)OP(C)(=O)OP(C)(=O)O)O1. The number of carbonyl (C=O) groups excluding carboxylic acids is 3. The van der Waals surface area contributed by atoms with Crippen molar-refractivity contribution in [3.63, 3.8) is 0 Å². The van der Waals surface area contributed by atoms with Gasteiger partial charge in [0.15, 0.2) is 6.04 Å². The summed E-state index contributed by atoms with van der Waals surface area (Å²) < 4.78 is 65.5. The number of azide groups is 2. The van der Waals surface area contributed by atoms with E-state index in [2.05, 4.69) is 46.8 Å². The van der Waals surface area contributed by atoms with Crippen LogP contribution in [0, 0.1) is 11.8 Å². The van der Waals surface area contributed by atoms with Crippen molar-refractivity contribution in [2.75, 3.05) is 53.0 Å². The Morgan fingerprint density at radius 1 is 1.11 bits per heavy atom. The molecule has 7 atom stereocenters. The molecule has 0 bridgehead atoms. The van der Waals surface area contributed by atoms with E-state index in [-0.39, 0.29) is 44.9 Å². The van der Waals surface area contributed by atoms with Crippen LogP contribution < -0.4 is 10.6 Å². The summed E-state index contributed by atoms with van der Waals surface area (Å²) in [5.41, 5.74) is 16.7. The van der Waals surface area contributed by atoms with E-state index < -0.39 is 53.0 Å². The first-order valence-corrected chi connectivity index (χ1v) is 19.8. The van der Waals surface area contributed by atoms with Crippen molar-refractivity contribution in [3.05, 3.63) is 20.9 Å². The summed E-state index contributed by atoms with van der Waals surface area (Å²) in [5.74, 6) is 4.65. The quantitative estimate of drug-likeness (QED) is 0.0419. The number of hydrogen-bond acceptors (Lipinski definition) is 14. The maximum atomic E-state index is 12.3. The number of hydrogen-bond donors (Lipinski definition) is 3. The molecule has 21 nitrogen and oxygen atoms in total. The van der Waals surface area contributed by atoms with Crippen molar-refractivity contribution in [1.82, 2.24) is 10.6 Å². The van der Waals surface area contributed by atoms with Crippen molar-refractivity contribution < 1.29 is 60.3 Å². The molecule has 0 aromatic heterocycles. The summed E-state index contributed by atoms with van der Waals surface area (Å²) in [7, 11) is -12.0. The van der Waals surface area contributed by atoms with E-state index in [4.69, 9.17) is 39.0 Å². The van der Waals surface area contributed by atoms with E-state index in [1.54, 1.807) is 13.8 Å². The zero-order valence-corrected chi connectivity index (χ0v) is 29.5. The molecule has 1 heterocycles. The minimum Gasteiger partial charge on any atom is -0.449 e. The monoisotopic (exact) mass is 730 g/mol. The molecular formula is C23H41N8O13P3. The zero-order valence-electron chi connectivity index (χ0n) is 26.8. The van der Waals surface area contributed by atoms with Gasteiger partial charge in [-0.15, -0.1) is 5.92 Å². The van der Waals surface area contributed by atoms with Gasteiger partial charge < -0.3 is 39.1 Å². The number of nitrogens with one attached hydrogen (secondary N) is 2. The molecule has 1 saturated heterocycles. The molecule has 1 aliphatic rings. The smallest absolute Gasteiger partial charge is 0.407 e. The maximum absolute atomic E-state index is 12.3. The second-order valence-electron chi connectivity index (χ2n) is 9.79. The van der Waals surface area contributed by atoms with Gasteiger partial charge in [0, 0.05) is 49.2 Å². The molecule has 0 aliphatic carbocycles. The largest absolute Gasteiger partial charge is 0.449 e. The summed E-state index contributed by atoms with van der Waals surface area (Å²) in [4.78, 5) is 48.0. The Labute approximate surface area is 271 Å². The fourth-order valence-corrected chi connectivity index (χ4v) is 8.84. The summed E-state index contributed by atoms with van der Waals surface area (Å²) >= 11 is 0. The molecule has 2 amide bonds. The van der Waals surface area contributed by atoms with Crippen LogP contribution in [0.2, 0.25) is 0 Å². The van der Waals surface area contributed by atoms with Crippen LogP contribution in [-0.2, 0) is 50.6 Å². The molecule has 47 heavy (non-hydrogen) atoms. The Balaban J connectivity index is 0.000000909. The minimum atomic E-state index is -4.10. The van der Waals surface area contributed by atoms with Crippen molar-refractivity contribution in [2.45, 2.75) is 64.4 Å². The number of rotatable bonds is 19. The lowest BCUT2D eigenvalue weighted by Crippen LogP contribution is -2.38. The van der Waals surface area contributed by atoms with Gasteiger partial charge in [-0.1, -0.05) is 16.1 Å². The van der Waals surface area contributed by atoms with Crippen LogP contribution in [0.15, 0.2) is 10.2 Å². The summed E-state index contributed by atoms with van der Waals surface area (Å²) in [6.07, 6.45) is -0.604. The average Bonchev–Trinajstić information content (AvgIpc) is 3.29. The van der Waals surface area contributed by atoms with E-state index >= 15 is 0 Å². The topological polar surface area (TPSA) is 300 Å². The number of ketones is 1. The molecule has 266 valence electrons. The van der Waals surface area contributed by atoms with Gasteiger partial charge in [-0.2, -0.15) is 0 Å². The van der Waals surface area contributed by atoms with Gasteiger partial charge in [-0.3, -0.25) is 18.5 Å². The number of ether oxygens (including phenoxy) is 3. The van der Waals surface area contributed by atoms with Gasteiger partial charge in [0.1, 0.15) is 25.2 Å². The van der Waals surface area contributed by atoms with Gasteiger partial charge in [0.05, 0.1) is 25.4 Å². The molecular weight excluding hydrogens is 689 g/mol. The van der Waals surface area contributed by atoms with E-state index in [0.717, 1.165) is 20.0 Å². The van der Waals surface area contributed by atoms with Crippen molar-refractivity contribution in [2.24, 2.45) is 10.2 Å².